The Hall–Kier alpha value is -3.30. The highest BCUT2D eigenvalue weighted by atomic mass is 32.2. The van der Waals surface area contributed by atoms with Crippen molar-refractivity contribution in [1.82, 2.24) is 14.7 Å². The molecule has 9 heteroatoms. The van der Waals surface area contributed by atoms with Crippen molar-refractivity contribution in [2.45, 2.75) is 32.7 Å². The molecule has 0 atom stereocenters. The molecule has 1 heterocycles. The first-order chi connectivity index (χ1) is 18.5. The van der Waals surface area contributed by atoms with Gasteiger partial charge in [0.15, 0.2) is 0 Å². The number of hydrogen-bond acceptors (Lipinski definition) is 7. The lowest BCUT2D eigenvalue weighted by atomic mass is 10.0. The van der Waals surface area contributed by atoms with Crippen LogP contribution >= 0.6 is 0 Å². The summed E-state index contributed by atoms with van der Waals surface area (Å²) in [4.78, 5) is 22.5. The summed E-state index contributed by atoms with van der Waals surface area (Å²) in [5.41, 5.74) is 2.71. The molecule has 1 amide bonds. The van der Waals surface area contributed by atoms with Gasteiger partial charge in [-0.15, -0.1) is 0 Å². The number of anilines is 1. The highest BCUT2D eigenvalue weighted by Crippen LogP contribution is 2.30. The van der Waals surface area contributed by atoms with Crippen LogP contribution < -0.4 is 9.62 Å². The molecule has 1 aromatic heterocycles. The molecule has 0 aliphatic heterocycles. The Bertz CT molecular complexity index is 1420. The summed E-state index contributed by atoms with van der Waals surface area (Å²) in [5.74, 6) is -1.35. The number of nitrogens with zero attached hydrogens (tertiary/aromatic N) is 3. The summed E-state index contributed by atoms with van der Waals surface area (Å²) in [6.07, 6.45) is 1.87. The van der Waals surface area contributed by atoms with Crippen molar-refractivity contribution in [2.75, 3.05) is 30.8 Å². The zero-order chi connectivity index (χ0) is 29.8. The first-order valence-electron chi connectivity index (χ1n) is 13.5. The van der Waals surface area contributed by atoms with Gasteiger partial charge in [-0.25, -0.2) is 13.4 Å². The number of nitrogens with one attached hydrogen (secondary N) is 1. The molecule has 0 aliphatic rings. The Morgan fingerprint density at radius 3 is 2.23 bits per heavy atom. The highest BCUT2D eigenvalue weighted by molar-refractivity contribution is 7.89. The van der Waals surface area contributed by atoms with Gasteiger partial charge in [-0.3, -0.25) is 14.5 Å². The predicted octanol–water partition coefficient (Wildman–Crippen LogP) is 3.90. The van der Waals surface area contributed by atoms with Gasteiger partial charge in [-0.1, -0.05) is 60.7 Å². The molecule has 0 spiro atoms. The SMILES string of the molecule is [2H]C([2H])(OCCCC([2H])([2H])N(c1cnc(-c2ccccc2)c(-c2ccccc2)n1)C([2H])(C)C)C(=O)NS(C)(=O)=O. The van der Waals surface area contributed by atoms with E-state index in [-0.39, 0.29) is 25.3 Å². The number of rotatable bonds is 12. The van der Waals surface area contributed by atoms with Crippen molar-refractivity contribution in [3.8, 4) is 22.5 Å². The van der Waals surface area contributed by atoms with Crippen LogP contribution in [0.25, 0.3) is 22.5 Å². The zero-order valence-corrected chi connectivity index (χ0v) is 20.7. The molecule has 0 aliphatic carbocycles. The summed E-state index contributed by atoms with van der Waals surface area (Å²) in [7, 11) is -3.98. The maximum Gasteiger partial charge on any atom is 0.259 e. The van der Waals surface area contributed by atoms with Gasteiger partial charge in [0.1, 0.15) is 12.4 Å². The van der Waals surface area contributed by atoms with Crippen LogP contribution in [0.5, 0.6) is 0 Å². The second-order valence-electron chi connectivity index (χ2n) is 7.86. The lowest BCUT2D eigenvalue weighted by Gasteiger charge is -2.28. The first kappa shape index (κ1) is 19.9. The van der Waals surface area contributed by atoms with Crippen LogP contribution in [0.15, 0.2) is 66.9 Å². The third-order valence-electron chi connectivity index (χ3n) is 4.67. The maximum atomic E-state index is 11.9. The van der Waals surface area contributed by atoms with E-state index in [1.165, 1.54) is 29.7 Å². The lowest BCUT2D eigenvalue weighted by Crippen LogP contribution is -2.33. The van der Waals surface area contributed by atoms with Gasteiger partial charge in [-0.05, 0) is 26.7 Å². The number of benzene rings is 2. The van der Waals surface area contributed by atoms with Gasteiger partial charge in [0.05, 0.1) is 28.0 Å². The van der Waals surface area contributed by atoms with E-state index in [4.69, 9.17) is 16.6 Å². The Kier molecular flexibility index (Phi) is 7.08. The maximum absolute atomic E-state index is 11.9. The number of carbonyl (C=O) groups excluding carboxylic acids is 1. The fourth-order valence-corrected chi connectivity index (χ4v) is 3.58. The lowest BCUT2D eigenvalue weighted by molar-refractivity contribution is -0.123. The van der Waals surface area contributed by atoms with E-state index in [2.05, 4.69) is 4.98 Å². The summed E-state index contributed by atoms with van der Waals surface area (Å²) in [5, 5.41) is 0. The topological polar surface area (TPSA) is 101 Å². The summed E-state index contributed by atoms with van der Waals surface area (Å²) >= 11 is 0. The number of amides is 1. The van der Waals surface area contributed by atoms with Crippen molar-refractivity contribution in [3.63, 3.8) is 0 Å². The fraction of sp³-hybridized carbons (Fsp3) is 0.346. The zero-order valence-electron chi connectivity index (χ0n) is 24.9. The van der Waals surface area contributed by atoms with Crippen molar-refractivity contribution < 1.29 is 24.8 Å². The molecule has 0 unspecified atom stereocenters. The Morgan fingerprint density at radius 1 is 1.06 bits per heavy atom. The summed E-state index contributed by atoms with van der Waals surface area (Å²) in [6, 6.07) is 17.3. The largest absolute Gasteiger partial charge is 0.372 e. The monoisotopic (exact) mass is 501 g/mol. The van der Waals surface area contributed by atoms with Crippen LogP contribution in [0, 0.1) is 0 Å². The molecule has 35 heavy (non-hydrogen) atoms. The van der Waals surface area contributed by atoms with Gasteiger partial charge < -0.3 is 9.64 Å². The normalized spacial score (nSPS) is 14.7. The molecule has 0 fully saturated rings. The smallest absolute Gasteiger partial charge is 0.259 e. The average Bonchev–Trinajstić information content (AvgIpc) is 2.86. The van der Waals surface area contributed by atoms with E-state index in [9.17, 15) is 13.2 Å². The van der Waals surface area contributed by atoms with Crippen molar-refractivity contribution in [1.29, 1.82) is 0 Å². The van der Waals surface area contributed by atoms with Gasteiger partial charge in [0.25, 0.3) is 5.91 Å². The van der Waals surface area contributed by atoms with Gasteiger partial charge in [0.2, 0.25) is 10.0 Å². The summed E-state index contributed by atoms with van der Waals surface area (Å²) < 4.78 is 70.6. The molecule has 3 aromatic rings. The van der Waals surface area contributed by atoms with E-state index in [1.807, 2.05) is 60.7 Å². The molecular formula is C26H32N4O4S. The first-order valence-corrected chi connectivity index (χ1v) is 12.8. The standard InChI is InChI=1S/C26H32N4O4S/c1-20(2)30(16-10-11-17-34-19-24(31)29-35(3,32)33)23-18-27-25(21-12-6-4-7-13-21)26(28-23)22-14-8-5-9-15-22/h4-9,12-15,18,20H,10-11,16-17,19H2,1-3H3,(H,29,31)/i16D2,19D2,20D. The quantitative estimate of drug-likeness (QED) is 0.376. The molecule has 0 radical (unpaired) electrons. The molecule has 0 bridgehead atoms. The van der Waals surface area contributed by atoms with E-state index in [1.54, 1.807) is 0 Å². The number of aromatic nitrogens is 2. The molecule has 186 valence electrons. The number of carbonyl (C=O) groups is 1. The third kappa shape index (κ3) is 8.15. The van der Waals surface area contributed by atoms with Crippen molar-refractivity contribution in [3.05, 3.63) is 66.9 Å². The van der Waals surface area contributed by atoms with Gasteiger partial charge in [0, 0.05) is 33.0 Å². The van der Waals surface area contributed by atoms with Crippen LogP contribution in [0.2, 0.25) is 0 Å². The van der Waals surface area contributed by atoms with Crippen LogP contribution in [0.4, 0.5) is 5.82 Å². The third-order valence-corrected chi connectivity index (χ3v) is 5.22. The molecule has 0 saturated heterocycles. The second kappa shape index (κ2) is 12.4. The Balaban J connectivity index is 1.88. The van der Waals surface area contributed by atoms with Crippen molar-refractivity contribution >= 4 is 21.7 Å². The molecule has 1 N–H and O–H groups in total. The molecule has 3 rings (SSSR count). The Labute approximate surface area is 214 Å². The van der Waals surface area contributed by atoms with Crippen LogP contribution in [-0.4, -0.2) is 56.2 Å². The minimum atomic E-state index is -3.98. The molecular weight excluding hydrogens is 464 g/mol. The Morgan fingerprint density at radius 2 is 1.66 bits per heavy atom. The van der Waals surface area contributed by atoms with E-state index < -0.39 is 35.0 Å². The van der Waals surface area contributed by atoms with Crippen LogP contribution in [0.3, 0.4) is 0 Å². The minimum Gasteiger partial charge on any atom is -0.372 e. The van der Waals surface area contributed by atoms with Gasteiger partial charge >= 0.3 is 0 Å². The van der Waals surface area contributed by atoms with E-state index >= 15 is 0 Å². The van der Waals surface area contributed by atoms with E-state index in [0.29, 0.717) is 17.6 Å². The molecule has 0 saturated carbocycles. The number of hydrogen-bond donors (Lipinski definition) is 1. The fourth-order valence-electron chi connectivity index (χ4n) is 3.20. The minimum absolute atomic E-state index is 0.0493. The predicted molar refractivity (Wildman–Crippen MR) is 138 cm³/mol. The second-order valence-corrected chi connectivity index (χ2v) is 9.60. The van der Waals surface area contributed by atoms with E-state index in [0.717, 1.165) is 11.1 Å². The number of sulfonamides is 1. The number of ether oxygens (including phenoxy) is 1. The molecule has 2 aromatic carbocycles. The van der Waals surface area contributed by atoms with Crippen molar-refractivity contribution in [2.24, 2.45) is 0 Å². The average molecular weight is 502 g/mol. The summed E-state index contributed by atoms with van der Waals surface area (Å²) in [6.45, 7) is -2.44. The van der Waals surface area contributed by atoms with Gasteiger partial charge in [-0.2, -0.15) is 0 Å². The highest BCUT2D eigenvalue weighted by Gasteiger charge is 2.17. The van der Waals surface area contributed by atoms with Crippen LogP contribution in [-0.2, 0) is 19.6 Å². The van der Waals surface area contributed by atoms with Crippen LogP contribution in [0.1, 0.15) is 33.5 Å². The molecule has 8 nitrogen and oxygen atoms in total.